The normalized spacial score (nSPS) is 10.2. The SMILES string of the molecule is CCOC(=O)c1ccc(CNC(=O)NCCc2cccc(C)c2)cc1. The number of ether oxygens (including phenoxy) is 1. The number of esters is 1. The smallest absolute Gasteiger partial charge is 0.338 e. The van der Waals surface area contributed by atoms with E-state index in [-0.39, 0.29) is 12.0 Å². The Kier molecular flexibility index (Phi) is 7.01. The molecule has 0 aliphatic carbocycles. The second-order valence-electron chi connectivity index (χ2n) is 5.77. The molecular formula is C20H24N2O3. The van der Waals surface area contributed by atoms with Gasteiger partial charge in [-0.05, 0) is 43.5 Å². The van der Waals surface area contributed by atoms with Crippen molar-refractivity contribution >= 4 is 12.0 Å². The number of carbonyl (C=O) groups excluding carboxylic acids is 2. The second kappa shape index (κ2) is 9.47. The molecule has 0 atom stereocenters. The van der Waals surface area contributed by atoms with Gasteiger partial charge in [0.2, 0.25) is 0 Å². The van der Waals surface area contributed by atoms with Gasteiger partial charge in [-0.15, -0.1) is 0 Å². The van der Waals surface area contributed by atoms with Crippen LogP contribution < -0.4 is 10.6 Å². The lowest BCUT2D eigenvalue weighted by Crippen LogP contribution is -2.36. The van der Waals surface area contributed by atoms with Crippen LogP contribution in [0.4, 0.5) is 4.79 Å². The number of hydrogen-bond acceptors (Lipinski definition) is 3. The van der Waals surface area contributed by atoms with Crippen LogP contribution in [0.1, 0.15) is 34.0 Å². The maximum absolute atomic E-state index is 11.8. The first kappa shape index (κ1) is 18.5. The topological polar surface area (TPSA) is 67.4 Å². The summed E-state index contributed by atoms with van der Waals surface area (Å²) in [7, 11) is 0. The fourth-order valence-electron chi connectivity index (χ4n) is 2.41. The predicted octanol–water partition coefficient (Wildman–Crippen LogP) is 3.21. The van der Waals surface area contributed by atoms with Crippen molar-refractivity contribution in [2.45, 2.75) is 26.8 Å². The first-order valence-electron chi connectivity index (χ1n) is 8.42. The highest BCUT2D eigenvalue weighted by atomic mass is 16.5. The fraction of sp³-hybridized carbons (Fsp3) is 0.300. The van der Waals surface area contributed by atoms with Crippen molar-refractivity contribution in [1.29, 1.82) is 0 Å². The van der Waals surface area contributed by atoms with E-state index < -0.39 is 0 Å². The molecule has 132 valence electrons. The van der Waals surface area contributed by atoms with E-state index in [0.29, 0.717) is 25.3 Å². The van der Waals surface area contributed by atoms with Crippen LogP contribution in [0.5, 0.6) is 0 Å². The summed E-state index contributed by atoms with van der Waals surface area (Å²) in [6.07, 6.45) is 0.795. The summed E-state index contributed by atoms with van der Waals surface area (Å²) < 4.78 is 4.94. The Hall–Kier alpha value is -2.82. The molecule has 0 unspecified atom stereocenters. The van der Waals surface area contributed by atoms with Gasteiger partial charge in [-0.2, -0.15) is 0 Å². The summed E-state index contributed by atoms with van der Waals surface area (Å²) in [6.45, 7) is 5.16. The Morgan fingerprint density at radius 3 is 2.44 bits per heavy atom. The number of benzene rings is 2. The predicted molar refractivity (Wildman–Crippen MR) is 97.5 cm³/mol. The Bertz CT molecular complexity index is 711. The zero-order valence-corrected chi connectivity index (χ0v) is 14.7. The lowest BCUT2D eigenvalue weighted by atomic mass is 10.1. The van der Waals surface area contributed by atoms with E-state index in [1.807, 2.05) is 6.07 Å². The summed E-state index contributed by atoms with van der Waals surface area (Å²) in [4.78, 5) is 23.4. The van der Waals surface area contributed by atoms with Gasteiger partial charge in [0, 0.05) is 13.1 Å². The zero-order valence-electron chi connectivity index (χ0n) is 14.7. The van der Waals surface area contributed by atoms with Crippen molar-refractivity contribution in [3.05, 3.63) is 70.8 Å². The molecular weight excluding hydrogens is 316 g/mol. The third-order valence-corrected chi connectivity index (χ3v) is 3.70. The van der Waals surface area contributed by atoms with Gasteiger partial charge in [0.25, 0.3) is 0 Å². The number of hydrogen-bond donors (Lipinski definition) is 2. The number of carbonyl (C=O) groups is 2. The number of rotatable bonds is 7. The van der Waals surface area contributed by atoms with Crippen molar-refractivity contribution in [3.63, 3.8) is 0 Å². The van der Waals surface area contributed by atoms with Gasteiger partial charge in [-0.3, -0.25) is 0 Å². The van der Waals surface area contributed by atoms with E-state index in [1.165, 1.54) is 11.1 Å². The number of nitrogens with one attached hydrogen (secondary N) is 2. The van der Waals surface area contributed by atoms with E-state index >= 15 is 0 Å². The van der Waals surface area contributed by atoms with E-state index in [2.05, 4.69) is 35.8 Å². The summed E-state index contributed by atoms with van der Waals surface area (Å²) in [5.74, 6) is -0.337. The maximum atomic E-state index is 11.8. The van der Waals surface area contributed by atoms with Crippen molar-refractivity contribution in [2.75, 3.05) is 13.2 Å². The molecule has 0 radical (unpaired) electrons. The van der Waals surface area contributed by atoms with Crippen molar-refractivity contribution < 1.29 is 14.3 Å². The average molecular weight is 340 g/mol. The Morgan fingerprint density at radius 2 is 1.76 bits per heavy atom. The molecule has 0 fully saturated rings. The van der Waals surface area contributed by atoms with Gasteiger partial charge in [-0.25, -0.2) is 9.59 Å². The van der Waals surface area contributed by atoms with Crippen LogP contribution in [-0.4, -0.2) is 25.2 Å². The molecule has 5 heteroatoms. The van der Waals surface area contributed by atoms with Gasteiger partial charge in [0.05, 0.1) is 12.2 Å². The largest absolute Gasteiger partial charge is 0.462 e. The van der Waals surface area contributed by atoms with E-state index in [0.717, 1.165) is 12.0 Å². The number of urea groups is 1. The first-order valence-corrected chi connectivity index (χ1v) is 8.42. The van der Waals surface area contributed by atoms with E-state index in [9.17, 15) is 9.59 Å². The molecule has 25 heavy (non-hydrogen) atoms. The van der Waals surface area contributed by atoms with Crippen LogP contribution >= 0.6 is 0 Å². The molecule has 0 saturated carbocycles. The quantitative estimate of drug-likeness (QED) is 0.761. The summed E-state index contributed by atoms with van der Waals surface area (Å²) >= 11 is 0. The van der Waals surface area contributed by atoms with Gasteiger partial charge in [0.1, 0.15) is 0 Å². The van der Waals surface area contributed by atoms with Crippen LogP contribution in [0.25, 0.3) is 0 Å². The highest BCUT2D eigenvalue weighted by molar-refractivity contribution is 5.89. The van der Waals surface area contributed by atoms with Crippen molar-refractivity contribution in [3.8, 4) is 0 Å². The zero-order chi connectivity index (χ0) is 18.1. The van der Waals surface area contributed by atoms with Gasteiger partial charge in [0.15, 0.2) is 0 Å². The van der Waals surface area contributed by atoms with Crippen LogP contribution in [0.3, 0.4) is 0 Å². The van der Waals surface area contributed by atoms with Crippen molar-refractivity contribution in [2.24, 2.45) is 0 Å². The molecule has 5 nitrogen and oxygen atoms in total. The second-order valence-corrected chi connectivity index (χ2v) is 5.77. The molecule has 0 bridgehead atoms. The maximum Gasteiger partial charge on any atom is 0.338 e. The fourth-order valence-corrected chi connectivity index (χ4v) is 2.41. The van der Waals surface area contributed by atoms with E-state index in [4.69, 9.17) is 4.74 Å². The standard InChI is InChI=1S/C20H24N2O3/c1-3-25-19(23)18-9-7-17(8-10-18)14-22-20(24)21-12-11-16-6-4-5-15(2)13-16/h4-10,13H,3,11-12,14H2,1-2H3,(H2,21,22,24). The third kappa shape index (κ3) is 6.30. The van der Waals surface area contributed by atoms with Gasteiger partial charge in [-0.1, -0.05) is 42.0 Å². The Balaban J connectivity index is 1.71. The highest BCUT2D eigenvalue weighted by Crippen LogP contribution is 2.06. The van der Waals surface area contributed by atoms with Crippen LogP contribution in [-0.2, 0) is 17.7 Å². The van der Waals surface area contributed by atoms with Crippen molar-refractivity contribution in [1.82, 2.24) is 10.6 Å². The minimum absolute atomic E-state index is 0.206. The molecule has 2 N–H and O–H groups in total. The molecule has 2 rings (SSSR count). The van der Waals surface area contributed by atoms with Crippen LogP contribution in [0, 0.1) is 6.92 Å². The molecule has 0 spiro atoms. The first-order chi connectivity index (χ1) is 12.1. The molecule has 0 aromatic heterocycles. The average Bonchev–Trinajstić information content (AvgIpc) is 2.61. The molecule has 0 aliphatic heterocycles. The molecule has 2 amide bonds. The molecule has 0 saturated heterocycles. The minimum atomic E-state index is -0.337. The molecule has 0 aliphatic rings. The molecule has 0 heterocycles. The molecule has 2 aromatic rings. The van der Waals surface area contributed by atoms with Gasteiger partial charge >= 0.3 is 12.0 Å². The summed E-state index contributed by atoms with van der Waals surface area (Å²) in [5, 5.41) is 5.65. The minimum Gasteiger partial charge on any atom is -0.462 e. The highest BCUT2D eigenvalue weighted by Gasteiger charge is 2.06. The van der Waals surface area contributed by atoms with E-state index in [1.54, 1.807) is 31.2 Å². The lowest BCUT2D eigenvalue weighted by Gasteiger charge is -2.09. The monoisotopic (exact) mass is 340 g/mol. The Labute approximate surface area is 148 Å². The van der Waals surface area contributed by atoms with Crippen LogP contribution in [0.2, 0.25) is 0 Å². The van der Waals surface area contributed by atoms with Crippen LogP contribution in [0.15, 0.2) is 48.5 Å². The Morgan fingerprint density at radius 1 is 1.00 bits per heavy atom. The summed E-state index contributed by atoms with van der Waals surface area (Å²) in [6, 6.07) is 15.0. The van der Waals surface area contributed by atoms with Gasteiger partial charge < -0.3 is 15.4 Å². The lowest BCUT2D eigenvalue weighted by molar-refractivity contribution is 0.0526. The number of amides is 2. The third-order valence-electron chi connectivity index (χ3n) is 3.70. The number of aryl methyl sites for hydroxylation is 1. The summed E-state index contributed by atoms with van der Waals surface area (Å²) in [5.41, 5.74) is 3.85. The molecule has 2 aromatic carbocycles.